The Morgan fingerprint density at radius 1 is 0.652 bits per heavy atom. The highest BCUT2D eigenvalue weighted by atomic mass is 16.1. The molecule has 0 spiro atoms. The molecular weight excluding hydrogens is 284 g/mol. The molecule has 5 rings (SSSR count). The van der Waals surface area contributed by atoms with E-state index in [1.807, 2.05) is 66.7 Å². The third kappa shape index (κ3) is 1.59. The molecule has 0 unspecified atom stereocenters. The highest BCUT2D eigenvalue weighted by molar-refractivity contribution is 6.11. The lowest BCUT2D eigenvalue weighted by atomic mass is 10.1. The predicted octanol–water partition coefficient (Wildman–Crippen LogP) is 4.15. The van der Waals surface area contributed by atoms with Gasteiger partial charge < -0.3 is 0 Å². The van der Waals surface area contributed by atoms with Gasteiger partial charge in [0.2, 0.25) is 0 Å². The molecule has 3 nitrogen and oxygen atoms in total. The molecule has 23 heavy (non-hydrogen) atoms. The van der Waals surface area contributed by atoms with Crippen molar-refractivity contribution in [1.29, 1.82) is 0 Å². The second-order valence-corrected chi connectivity index (χ2v) is 5.66. The van der Waals surface area contributed by atoms with Gasteiger partial charge in [-0.3, -0.25) is 9.20 Å². The fraction of sp³-hybridized carbons (Fsp3) is 0. The second kappa shape index (κ2) is 4.40. The highest BCUT2D eigenvalue weighted by Gasteiger charge is 2.12. The van der Waals surface area contributed by atoms with Crippen LogP contribution in [0.2, 0.25) is 0 Å². The molecule has 0 saturated heterocycles. The van der Waals surface area contributed by atoms with Crippen LogP contribution in [0.1, 0.15) is 0 Å². The number of imidazole rings is 1. The summed E-state index contributed by atoms with van der Waals surface area (Å²) in [7, 11) is 0. The summed E-state index contributed by atoms with van der Waals surface area (Å²) in [4.78, 5) is 17.9. The monoisotopic (exact) mass is 296 g/mol. The van der Waals surface area contributed by atoms with Crippen molar-refractivity contribution in [2.75, 3.05) is 0 Å². The van der Waals surface area contributed by atoms with E-state index in [2.05, 4.69) is 6.07 Å². The molecule has 0 N–H and O–H groups in total. The van der Waals surface area contributed by atoms with Crippen LogP contribution in [0.4, 0.5) is 0 Å². The van der Waals surface area contributed by atoms with Crippen molar-refractivity contribution in [1.82, 2.24) is 9.38 Å². The number of para-hydroxylation sites is 2. The zero-order valence-corrected chi connectivity index (χ0v) is 12.2. The van der Waals surface area contributed by atoms with Crippen LogP contribution in [0, 0.1) is 0 Å². The predicted molar refractivity (Wildman–Crippen MR) is 94.0 cm³/mol. The van der Waals surface area contributed by atoms with E-state index in [1.54, 1.807) is 4.40 Å². The van der Waals surface area contributed by atoms with Gasteiger partial charge in [-0.15, -0.1) is 0 Å². The zero-order valence-electron chi connectivity index (χ0n) is 12.2. The molecule has 0 atom stereocenters. The van der Waals surface area contributed by atoms with Crippen LogP contribution < -0.4 is 5.56 Å². The van der Waals surface area contributed by atoms with Crippen LogP contribution in [0.5, 0.6) is 0 Å². The van der Waals surface area contributed by atoms with Crippen molar-refractivity contribution >= 4 is 38.2 Å². The van der Waals surface area contributed by atoms with E-state index in [9.17, 15) is 4.79 Å². The molecule has 0 aliphatic rings. The van der Waals surface area contributed by atoms with E-state index >= 15 is 0 Å². The first-order valence-electron chi connectivity index (χ1n) is 7.55. The maximum Gasteiger partial charge on any atom is 0.264 e. The lowest BCUT2D eigenvalue weighted by Gasteiger charge is -1.96. The number of benzene rings is 3. The summed E-state index contributed by atoms with van der Waals surface area (Å²) in [6.45, 7) is 0. The maximum atomic E-state index is 13.2. The summed E-state index contributed by atoms with van der Waals surface area (Å²) in [5, 5.41) is 3.71. The minimum absolute atomic E-state index is 0.0273. The summed E-state index contributed by atoms with van der Waals surface area (Å²) in [5.41, 5.74) is 2.37. The molecule has 0 saturated carbocycles. The minimum Gasteiger partial charge on any atom is -0.268 e. The maximum absolute atomic E-state index is 13.2. The van der Waals surface area contributed by atoms with Crippen LogP contribution in [0.25, 0.3) is 38.2 Å². The zero-order chi connectivity index (χ0) is 15.4. The van der Waals surface area contributed by atoms with Gasteiger partial charge >= 0.3 is 0 Å². The van der Waals surface area contributed by atoms with Gasteiger partial charge in [0.15, 0.2) is 0 Å². The van der Waals surface area contributed by atoms with Gasteiger partial charge in [0.1, 0.15) is 5.65 Å². The number of rotatable bonds is 0. The molecule has 5 aromatic rings. The van der Waals surface area contributed by atoms with Gasteiger partial charge in [-0.1, -0.05) is 54.6 Å². The summed E-state index contributed by atoms with van der Waals surface area (Å²) in [6, 6.07) is 23.6. The van der Waals surface area contributed by atoms with E-state index in [0.717, 1.165) is 27.2 Å². The van der Waals surface area contributed by atoms with E-state index in [-0.39, 0.29) is 5.56 Å². The van der Waals surface area contributed by atoms with Gasteiger partial charge in [-0.25, -0.2) is 4.98 Å². The quantitative estimate of drug-likeness (QED) is 0.430. The van der Waals surface area contributed by atoms with E-state index < -0.39 is 0 Å². The Balaban J connectivity index is 2.29. The van der Waals surface area contributed by atoms with Crippen molar-refractivity contribution in [2.24, 2.45) is 0 Å². The lowest BCUT2D eigenvalue weighted by molar-refractivity contribution is 1.20. The van der Waals surface area contributed by atoms with Gasteiger partial charge in [0, 0.05) is 10.8 Å². The normalized spacial score (nSPS) is 11.7. The lowest BCUT2D eigenvalue weighted by Crippen LogP contribution is -2.09. The Morgan fingerprint density at radius 3 is 2.00 bits per heavy atom. The first kappa shape index (κ1) is 12.4. The van der Waals surface area contributed by atoms with Gasteiger partial charge in [-0.2, -0.15) is 0 Å². The Kier molecular flexibility index (Phi) is 2.36. The third-order valence-corrected chi connectivity index (χ3v) is 4.38. The van der Waals surface area contributed by atoms with Crippen molar-refractivity contribution in [3.05, 3.63) is 83.2 Å². The molecule has 0 amide bonds. The van der Waals surface area contributed by atoms with Gasteiger partial charge in [-0.05, 0) is 29.0 Å². The fourth-order valence-corrected chi connectivity index (χ4v) is 3.35. The first-order chi connectivity index (χ1) is 11.3. The Morgan fingerprint density at radius 2 is 1.22 bits per heavy atom. The molecule has 3 aromatic carbocycles. The molecule has 108 valence electrons. The number of nitrogens with zero attached hydrogens (tertiary/aromatic N) is 2. The number of hydrogen-bond donors (Lipinski definition) is 0. The summed E-state index contributed by atoms with van der Waals surface area (Å²) in [5.74, 6) is 0. The standard InChI is InChI=1S/C20H12N2O/c23-20-16-10-4-2-8-14(16)13-7-1-3-9-15(13)19-21-17-11-5-6-12-18(17)22(19)20/h1-12H. The molecule has 2 aromatic heterocycles. The van der Waals surface area contributed by atoms with Crippen LogP contribution in [-0.2, 0) is 0 Å². The van der Waals surface area contributed by atoms with Crippen LogP contribution in [0.3, 0.4) is 0 Å². The minimum atomic E-state index is -0.0273. The topological polar surface area (TPSA) is 34.4 Å². The van der Waals surface area contributed by atoms with E-state index in [1.165, 1.54) is 0 Å². The first-order valence-corrected chi connectivity index (χ1v) is 7.55. The Labute approximate surface area is 131 Å². The molecule has 0 bridgehead atoms. The molecule has 3 heteroatoms. The van der Waals surface area contributed by atoms with Crippen LogP contribution in [-0.4, -0.2) is 9.38 Å². The average Bonchev–Trinajstić information content (AvgIpc) is 2.96. The summed E-state index contributed by atoms with van der Waals surface area (Å²) in [6.07, 6.45) is 0. The van der Waals surface area contributed by atoms with Crippen molar-refractivity contribution < 1.29 is 0 Å². The van der Waals surface area contributed by atoms with Gasteiger partial charge in [0.05, 0.1) is 11.0 Å². The number of fused-ring (bicyclic) bond motifs is 7. The Hall–Kier alpha value is -3.20. The number of hydrogen-bond acceptors (Lipinski definition) is 2. The SMILES string of the molecule is O=c1c2ccccc2c2ccccc2c2nc3ccccc3n12. The average molecular weight is 296 g/mol. The second-order valence-electron chi connectivity index (χ2n) is 5.66. The molecule has 0 radical (unpaired) electrons. The van der Waals surface area contributed by atoms with Crippen LogP contribution in [0.15, 0.2) is 77.6 Å². The largest absolute Gasteiger partial charge is 0.268 e. The fourth-order valence-electron chi connectivity index (χ4n) is 3.35. The smallest absolute Gasteiger partial charge is 0.264 e. The molecular formula is C20H12N2O. The molecule has 0 aliphatic carbocycles. The van der Waals surface area contributed by atoms with E-state index in [0.29, 0.717) is 11.0 Å². The summed E-state index contributed by atoms with van der Waals surface area (Å²) < 4.78 is 1.74. The van der Waals surface area contributed by atoms with Crippen molar-refractivity contribution in [3.63, 3.8) is 0 Å². The van der Waals surface area contributed by atoms with E-state index in [4.69, 9.17) is 4.98 Å². The van der Waals surface area contributed by atoms with Crippen LogP contribution >= 0.6 is 0 Å². The summed E-state index contributed by atoms with van der Waals surface area (Å²) >= 11 is 0. The third-order valence-electron chi connectivity index (χ3n) is 4.38. The highest BCUT2D eigenvalue weighted by Crippen LogP contribution is 2.26. The van der Waals surface area contributed by atoms with Gasteiger partial charge in [0.25, 0.3) is 5.56 Å². The molecule has 2 heterocycles. The molecule has 0 fully saturated rings. The Bertz CT molecular complexity index is 1290. The molecule has 0 aliphatic heterocycles. The van der Waals surface area contributed by atoms with Crippen molar-refractivity contribution in [3.8, 4) is 0 Å². The number of aromatic nitrogens is 2. The van der Waals surface area contributed by atoms with Crippen molar-refractivity contribution in [2.45, 2.75) is 0 Å².